The normalized spacial score (nSPS) is 11.9. The van der Waals surface area contributed by atoms with Gasteiger partial charge in [0.05, 0.1) is 31.6 Å². The van der Waals surface area contributed by atoms with Gasteiger partial charge in [0.25, 0.3) is 0 Å². The molecule has 0 aliphatic rings. The summed E-state index contributed by atoms with van der Waals surface area (Å²) in [6.45, 7) is 8.47. The minimum atomic E-state index is -0.172. The van der Waals surface area contributed by atoms with Gasteiger partial charge in [0.1, 0.15) is 5.82 Å². The predicted octanol–water partition coefficient (Wildman–Crippen LogP) is 4.40. The van der Waals surface area contributed by atoms with Gasteiger partial charge in [-0.15, -0.1) is 10.2 Å². The zero-order valence-electron chi connectivity index (χ0n) is 19.2. The molecule has 1 atom stereocenters. The van der Waals surface area contributed by atoms with Crippen LogP contribution in [0.2, 0.25) is 0 Å². The molecule has 1 aromatic heterocycles. The van der Waals surface area contributed by atoms with Crippen molar-refractivity contribution >= 4 is 17.7 Å². The molecule has 2 aromatic carbocycles. The number of hydrogen-bond donors (Lipinski definition) is 1. The molecular formula is C24H30N4O3S. The molecule has 170 valence electrons. The zero-order valence-corrected chi connectivity index (χ0v) is 20.0. The van der Waals surface area contributed by atoms with Crippen LogP contribution in [0.3, 0.4) is 0 Å². The molecule has 1 unspecified atom stereocenters. The number of methoxy groups -OCH3 is 1. The average molecular weight is 455 g/mol. The first-order valence-electron chi connectivity index (χ1n) is 10.6. The van der Waals surface area contributed by atoms with Crippen molar-refractivity contribution in [3.05, 3.63) is 65.5 Å². The molecule has 0 saturated heterocycles. The van der Waals surface area contributed by atoms with Crippen LogP contribution in [-0.2, 0) is 11.3 Å². The molecule has 0 saturated carbocycles. The molecule has 32 heavy (non-hydrogen) atoms. The van der Waals surface area contributed by atoms with Crippen molar-refractivity contribution in [3.63, 3.8) is 0 Å². The van der Waals surface area contributed by atoms with Gasteiger partial charge >= 0.3 is 0 Å². The van der Waals surface area contributed by atoms with Crippen LogP contribution in [0.1, 0.15) is 43.8 Å². The Kier molecular flexibility index (Phi) is 8.16. The summed E-state index contributed by atoms with van der Waals surface area (Å²) in [6.07, 6.45) is 0.0523. The van der Waals surface area contributed by atoms with E-state index in [9.17, 15) is 4.79 Å². The number of nitrogens with one attached hydrogen (secondary N) is 1. The quantitative estimate of drug-likeness (QED) is 0.458. The van der Waals surface area contributed by atoms with Crippen molar-refractivity contribution in [1.29, 1.82) is 0 Å². The second-order valence-electron chi connectivity index (χ2n) is 7.76. The summed E-state index contributed by atoms with van der Waals surface area (Å²) in [4.78, 5) is 12.6. The van der Waals surface area contributed by atoms with Gasteiger partial charge < -0.3 is 19.4 Å². The van der Waals surface area contributed by atoms with E-state index in [1.807, 2.05) is 68.7 Å². The minimum Gasteiger partial charge on any atom is -0.493 e. The van der Waals surface area contributed by atoms with Crippen molar-refractivity contribution in [1.82, 2.24) is 20.1 Å². The number of carbonyl (C=O) groups is 1. The number of ether oxygens (including phenoxy) is 2. The number of aromatic nitrogens is 3. The van der Waals surface area contributed by atoms with Gasteiger partial charge in [-0.2, -0.15) is 0 Å². The van der Waals surface area contributed by atoms with Crippen molar-refractivity contribution in [3.8, 4) is 11.5 Å². The predicted molar refractivity (Wildman–Crippen MR) is 126 cm³/mol. The van der Waals surface area contributed by atoms with Gasteiger partial charge in [0, 0.05) is 0 Å². The lowest BCUT2D eigenvalue weighted by Crippen LogP contribution is -2.28. The number of thioether (sulfide) groups is 1. The maximum atomic E-state index is 12.6. The van der Waals surface area contributed by atoms with E-state index in [1.54, 1.807) is 7.11 Å². The third-order valence-electron chi connectivity index (χ3n) is 4.85. The molecule has 0 radical (unpaired) electrons. The third-order valence-corrected chi connectivity index (χ3v) is 5.81. The molecule has 3 rings (SSSR count). The highest BCUT2D eigenvalue weighted by atomic mass is 32.2. The number of hydrogen-bond acceptors (Lipinski definition) is 6. The van der Waals surface area contributed by atoms with E-state index in [2.05, 4.69) is 27.6 Å². The van der Waals surface area contributed by atoms with Gasteiger partial charge in [-0.25, -0.2) is 0 Å². The Balaban J connectivity index is 1.60. The summed E-state index contributed by atoms with van der Waals surface area (Å²) in [7, 11) is 1.61. The molecule has 0 aliphatic carbocycles. The van der Waals surface area contributed by atoms with Gasteiger partial charge in [-0.3, -0.25) is 4.79 Å². The first kappa shape index (κ1) is 23.7. The van der Waals surface area contributed by atoms with Gasteiger partial charge in [0.15, 0.2) is 16.7 Å². The fraction of sp³-hybridized carbons (Fsp3) is 0.375. The highest BCUT2D eigenvalue weighted by Gasteiger charge is 2.16. The first-order chi connectivity index (χ1) is 15.4. The van der Waals surface area contributed by atoms with E-state index in [0.717, 1.165) is 22.1 Å². The second kappa shape index (κ2) is 11.0. The molecule has 8 heteroatoms. The van der Waals surface area contributed by atoms with E-state index in [4.69, 9.17) is 9.47 Å². The molecule has 0 spiro atoms. The average Bonchev–Trinajstić information content (AvgIpc) is 3.12. The van der Waals surface area contributed by atoms with Crippen LogP contribution >= 0.6 is 11.8 Å². The number of nitrogens with zero attached hydrogens (tertiary/aromatic N) is 3. The monoisotopic (exact) mass is 454 g/mol. The first-order valence-corrected chi connectivity index (χ1v) is 11.6. The Labute approximate surface area is 193 Å². The fourth-order valence-electron chi connectivity index (χ4n) is 3.22. The molecule has 1 amide bonds. The Hall–Kier alpha value is -3.00. The maximum Gasteiger partial charge on any atom is 0.230 e. The summed E-state index contributed by atoms with van der Waals surface area (Å²) in [5.74, 6) is 2.34. The van der Waals surface area contributed by atoms with Crippen LogP contribution < -0.4 is 14.8 Å². The van der Waals surface area contributed by atoms with E-state index in [0.29, 0.717) is 18.0 Å². The summed E-state index contributed by atoms with van der Waals surface area (Å²) in [5, 5.41) is 12.2. The third kappa shape index (κ3) is 6.26. The van der Waals surface area contributed by atoms with Crippen molar-refractivity contribution < 1.29 is 14.3 Å². The minimum absolute atomic E-state index is 0.0523. The van der Waals surface area contributed by atoms with E-state index in [-0.39, 0.29) is 23.8 Å². The van der Waals surface area contributed by atoms with Crippen molar-refractivity contribution in [2.75, 3.05) is 12.9 Å². The number of aryl methyl sites for hydroxylation is 1. The molecule has 1 N–H and O–H groups in total. The molecule has 3 aromatic rings. The summed E-state index contributed by atoms with van der Waals surface area (Å²) >= 11 is 1.38. The lowest BCUT2D eigenvalue weighted by molar-refractivity contribution is -0.119. The highest BCUT2D eigenvalue weighted by molar-refractivity contribution is 7.99. The molecule has 0 bridgehead atoms. The summed E-state index contributed by atoms with van der Waals surface area (Å²) in [6, 6.07) is 15.7. The number of benzene rings is 2. The van der Waals surface area contributed by atoms with Gasteiger partial charge in [-0.05, 0) is 51.0 Å². The van der Waals surface area contributed by atoms with Crippen molar-refractivity contribution in [2.24, 2.45) is 0 Å². The maximum absolute atomic E-state index is 12.6. The van der Waals surface area contributed by atoms with Gasteiger partial charge in [-0.1, -0.05) is 48.2 Å². The van der Waals surface area contributed by atoms with Crippen LogP contribution in [0.5, 0.6) is 11.5 Å². The summed E-state index contributed by atoms with van der Waals surface area (Å²) in [5.41, 5.74) is 2.11. The molecule has 0 aliphatic heterocycles. The van der Waals surface area contributed by atoms with E-state index in [1.165, 1.54) is 11.8 Å². The fourth-order valence-corrected chi connectivity index (χ4v) is 4.01. The number of rotatable bonds is 10. The molecule has 0 fully saturated rings. The Morgan fingerprint density at radius 1 is 1.09 bits per heavy atom. The summed E-state index contributed by atoms with van der Waals surface area (Å²) < 4.78 is 13.2. The smallest absolute Gasteiger partial charge is 0.230 e. The number of amides is 1. The largest absolute Gasteiger partial charge is 0.493 e. The Bertz CT molecular complexity index is 1040. The SMILES string of the molecule is COc1cc(C(C)NC(=O)CSc2nnc(C)n2Cc2ccccc2)ccc1OC(C)C. The molecule has 1 heterocycles. The zero-order chi connectivity index (χ0) is 23.1. The Morgan fingerprint density at radius 2 is 1.84 bits per heavy atom. The highest BCUT2D eigenvalue weighted by Crippen LogP contribution is 2.31. The lowest BCUT2D eigenvalue weighted by Gasteiger charge is -2.18. The van der Waals surface area contributed by atoms with Crippen molar-refractivity contribution in [2.45, 2.75) is 51.5 Å². The lowest BCUT2D eigenvalue weighted by atomic mass is 10.1. The topological polar surface area (TPSA) is 78.3 Å². The standard InChI is InChI=1S/C24H30N4O3S/c1-16(2)31-21-12-11-20(13-22(21)30-5)17(3)25-23(29)15-32-24-27-26-18(4)28(24)14-19-9-7-6-8-10-19/h6-13,16-17H,14-15H2,1-5H3,(H,25,29). The second-order valence-corrected chi connectivity index (χ2v) is 8.70. The molecule has 7 nitrogen and oxygen atoms in total. The van der Waals surface area contributed by atoms with Gasteiger partial charge in [0.2, 0.25) is 5.91 Å². The van der Waals surface area contributed by atoms with Crippen LogP contribution in [0.15, 0.2) is 53.7 Å². The van der Waals surface area contributed by atoms with E-state index < -0.39 is 0 Å². The van der Waals surface area contributed by atoms with Crippen LogP contribution in [0.4, 0.5) is 0 Å². The number of carbonyl (C=O) groups excluding carboxylic acids is 1. The van der Waals surface area contributed by atoms with Crippen LogP contribution in [0, 0.1) is 6.92 Å². The van der Waals surface area contributed by atoms with Crippen LogP contribution in [-0.4, -0.2) is 39.6 Å². The molecular weight excluding hydrogens is 424 g/mol. The Morgan fingerprint density at radius 3 is 2.53 bits per heavy atom. The van der Waals surface area contributed by atoms with Crippen LogP contribution in [0.25, 0.3) is 0 Å². The van der Waals surface area contributed by atoms with E-state index >= 15 is 0 Å².